The Labute approximate surface area is 69.2 Å². The van der Waals surface area contributed by atoms with Crippen molar-refractivity contribution in [3.63, 3.8) is 0 Å². The molecule has 0 aromatic carbocycles. The van der Waals surface area contributed by atoms with Crippen LogP contribution in [0.2, 0.25) is 0 Å². The summed E-state index contributed by atoms with van der Waals surface area (Å²) in [6, 6.07) is 1.52. The van der Waals surface area contributed by atoms with Crippen LogP contribution in [-0.4, -0.2) is 22.2 Å². The van der Waals surface area contributed by atoms with Crippen molar-refractivity contribution in [2.45, 2.75) is 19.8 Å². The van der Waals surface area contributed by atoms with Crippen LogP contribution in [0.4, 0.5) is 0 Å². The molecular weight excluding hydrogens is 162 g/mol. The first-order chi connectivity index (χ1) is 5.48. The molecule has 0 spiro atoms. The predicted molar refractivity (Wildman–Crippen MR) is 38.2 cm³/mol. The molecule has 0 bridgehead atoms. The van der Waals surface area contributed by atoms with Crippen LogP contribution in [0.25, 0.3) is 0 Å². The molecule has 1 atom stereocenters. The summed E-state index contributed by atoms with van der Waals surface area (Å²) in [5, 5.41) is 25.4. The average Bonchev–Trinajstić information content (AvgIpc) is 1.99. The summed E-state index contributed by atoms with van der Waals surface area (Å²) in [5.41, 5.74) is -1.77. The summed E-state index contributed by atoms with van der Waals surface area (Å²) in [6.07, 6.45) is -0.666. The number of hydrogen-bond donors (Lipinski definition) is 2. The standard InChI is InChI=1S/C7H9NO4/c1-2-7(4-8,6(11)12)3-5(9)10/h2-3H2,1H3,(H,9,10)(H,11,12). The van der Waals surface area contributed by atoms with Gasteiger partial charge in [0.25, 0.3) is 0 Å². The quantitative estimate of drug-likeness (QED) is 0.640. The van der Waals surface area contributed by atoms with Crippen molar-refractivity contribution in [3.8, 4) is 6.07 Å². The molecule has 2 N–H and O–H groups in total. The topological polar surface area (TPSA) is 98.4 Å². The number of carboxylic acid groups (broad SMARTS) is 2. The lowest BCUT2D eigenvalue weighted by Gasteiger charge is -2.16. The van der Waals surface area contributed by atoms with E-state index in [1.54, 1.807) is 0 Å². The highest BCUT2D eigenvalue weighted by Crippen LogP contribution is 2.25. The second-order valence-electron chi connectivity index (χ2n) is 2.42. The van der Waals surface area contributed by atoms with Gasteiger partial charge in [0.2, 0.25) is 0 Å². The van der Waals surface area contributed by atoms with Crippen molar-refractivity contribution in [2.24, 2.45) is 5.41 Å². The minimum Gasteiger partial charge on any atom is -0.481 e. The van der Waals surface area contributed by atoms with Crippen LogP contribution < -0.4 is 0 Å². The number of aliphatic carboxylic acids is 2. The molecule has 0 aliphatic rings. The van der Waals surface area contributed by atoms with Crippen molar-refractivity contribution < 1.29 is 19.8 Å². The maximum Gasteiger partial charge on any atom is 0.324 e. The molecule has 0 radical (unpaired) electrons. The number of carboxylic acids is 2. The fourth-order valence-electron chi connectivity index (χ4n) is 0.776. The Hall–Kier alpha value is -1.57. The van der Waals surface area contributed by atoms with Gasteiger partial charge in [0.05, 0.1) is 12.5 Å². The van der Waals surface area contributed by atoms with E-state index in [1.165, 1.54) is 13.0 Å². The van der Waals surface area contributed by atoms with E-state index >= 15 is 0 Å². The van der Waals surface area contributed by atoms with E-state index in [1.807, 2.05) is 0 Å². The third kappa shape index (κ3) is 1.95. The van der Waals surface area contributed by atoms with Crippen molar-refractivity contribution in [2.75, 3.05) is 0 Å². The van der Waals surface area contributed by atoms with Crippen molar-refractivity contribution in [3.05, 3.63) is 0 Å². The Morgan fingerprint density at radius 3 is 2.08 bits per heavy atom. The molecule has 0 aromatic rings. The Balaban J connectivity index is 4.74. The molecule has 0 fully saturated rings. The second kappa shape index (κ2) is 3.72. The molecule has 66 valence electrons. The highest BCUT2D eigenvalue weighted by molar-refractivity contribution is 5.84. The predicted octanol–water partition coefficient (Wildman–Crippen LogP) is 0.466. The molecule has 0 saturated heterocycles. The van der Waals surface area contributed by atoms with Crippen molar-refractivity contribution in [1.82, 2.24) is 0 Å². The van der Waals surface area contributed by atoms with Gasteiger partial charge in [0, 0.05) is 0 Å². The van der Waals surface area contributed by atoms with Crippen LogP contribution in [0.15, 0.2) is 0 Å². The highest BCUT2D eigenvalue weighted by atomic mass is 16.4. The monoisotopic (exact) mass is 171 g/mol. The molecule has 5 heteroatoms. The molecule has 1 unspecified atom stereocenters. The Morgan fingerprint density at radius 1 is 1.50 bits per heavy atom. The Bertz CT molecular complexity index is 242. The van der Waals surface area contributed by atoms with Crippen LogP contribution in [-0.2, 0) is 9.59 Å². The van der Waals surface area contributed by atoms with Crippen LogP contribution in [0, 0.1) is 16.7 Å². The zero-order valence-corrected chi connectivity index (χ0v) is 6.57. The summed E-state index contributed by atoms with van der Waals surface area (Å²) in [4.78, 5) is 20.8. The molecule has 0 aliphatic carbocycles. The summed E-state index contributed by atoms with van der Waals surface area (Å²) >= 11 is 0. The molecule has 0 aromatic heterocycles. The van der Waals surface area contributed by atoms with Crippen LogP contribution in [0.3, 0.4) is 0 Å². The smallest absolute Gasteiger partial charge is 0.324 e. The van der Waals surface area contributed by atoms with E-state index in [0.717, 1.165) is 0 Å². The first-order valence-corrected chi connectivity index (χ1v) is 3.35. The lowest BCUT2D eigenvalue weighted by atomic mass is 9.83. The minimum absolute atomic E-state index is 0.00880. The Morgan fingerprint density at radius 2 is 2.00 bits per heavy atom. The van der Waals surface area contributed by atoms with Gasteiger partial charge < -0.3 is 10.2 Å². The SMILES string of the molecule is CCC(C#N)(CC(=O)O)C(=O)O. The second-order valence-corrected chi connectivity index (χ2v) is 2.42. The van der Waals surface area contributed by atoms with Gasteiger partial charge >= 0.3 is 11.9 Å². The molecule has 12 heavy (non-hydrogen) atoms. The molecule has 0 rings (SSSR count). The molecule has 0 heterocycles. The minimum atomic E-state index is -1.77. The first-order valence-electron chi connectivity index (χ1n) is 3.35. The summed E-state index contributed by atoms with van der Waals surface area (Å²) in [6.45, 7) is 1.47. The molecule has 0 saturated carbocycles. The largest absolute Gasteiger partial charge is 0.481 e. The van der Waals surface area contributed by atoms with Gasteiger partial charge in [-0.2, -0.15) is 5.26 Å². The summed E-state index contributed by atoms with van der Waals surface area (Å²) in [7, 11) is 0. The van der Waals surface area contributed by atoms with Gasteiger partial charge in [-0.05, 0) is 6.42 Å². The van der Waals surface area contributed by atoms with E-state index in [9.17, 15) is 9.59 Å². The number of nitriles is 1. The highest BCUT2D eigenvalue weighted by Gasteiger charge is 2.39. The number of carbonyl (C=O) groups is 2. The fraction of sp³-hybridized carbons (Fsp3) is 0.571. The zero-order chi connectivity index (χ0) is 9.78. The van der Waals surface area contributed by atoms with E-state index < -0.39 is 23.8 Å². The lowest BCUT2D eigenvalue weighted by Crippen LogP contribution is -2.31. The third-order valence-electron chi connectivity index (χ3n) is 1.68. The van der Waals surface area contributed by atoms with Gasteiger partial charge in [-0.25, -0.2) is 0 Å². The lowest BCUT2D eigenvalue weighted by molar-refractivity contribution is -0.152. The van der Waals surface area contributed by atoms with Gasteiger partial charge in [0.15, 0.2) is 5.41 Å². The zero-order valence-electron chi connectivity index (χ0n) is 6.57. The molecule has 0 amide bonds. The van der Waals surface area contributed by atoms with E-state index in [-0.39, 0.29) is 6.42 Å². The van der Waals surface area contributed by atoms with Gasteiger partial charge in [-0.15, -0.1) is 0 Å². The number of hydrogen-bond acceptors (Lipinski definition) is 3. The molecule has 0 aliphatic heterocycles. The van der Waals surface area contributed by atoms with Crippen LogP contribution >= 0.6 is 0 Å². The first kappa shape index (κ1) is 10.4. The van der Waals surface area contributed by atoms with Gasteiger partial charge in [-0.1, -0.05) is 6.92 Å². The summed E-state index contributed by atoms with van der Waals surface area (Å²) < 4.78 is 0. The Kier molecular flexibility index (Phi) is 3.23. The normalized spacial score (nSPS) is 14.3. The van der Waals surface area contributed by atoms with Gasteiger partial charge in [-0.3, -0.25) is 9.59 Å². The maximum absolute atomic E-state index is 10.5. The number of nitrogens with zero attached hydrogens (tertiary/aromatic N) is 1. The average molecular weight is 171 g/mol. The van der Waals surface area contributed by atoms with E-state index in [4.69, 9.17) is 15.5 Å². The maximum atomic E-state index is 10.5. The van der Waals surface area contributed by atoms with E-state index in [0.29, 0.717) is 0 Å². The summed E-state index contributed by atoms with van der Waals surface area (Å²) in [5.74, 6) is -2.66. The third-order valence-corrected chi connectivity index (χ3v) is 1.68. The molecule has 5 nitrogen and oxygen atoms in total. The number of rotatable bonds is 4. The van der Waals surface area contributed by atoms with Crippen molar-refractivity contribution in [1.29, 1.82) is 5.26 Å². The fourth-order valence-corrected chi connectivity index (χ4v) is 0.776. The van der Waals surface area contributed by atoms with Crippen LogP contribution in [0.1, 0.15) is 19.8 Å². The molecular formula is C7H9NO4. The van der Waals surface area contributed by atoms with Gasteiger partial charge in [0.1, 0.15) is 0 Å². The van der Waals surface area contributed by atoms with E-state index in [2.05, 4.69) is 0 Å². The van der Waals surface area contributed by atoms with Crippen LogP contribution in [0.5, 0.6) is 0 Å². The van der Waals surface area contributed by atoms with Crippen molar-refractivity contribution >= 4 is 11.9 Å².